The Bertz CT molecular complexity index is 2290. The second-order valence-corrected chi connectivity index (χ2v) is 20.0. The first-order chi connectivity index (χ1) is 29.4. The molecular formula is C42H53Cl3N14S2. The Morgan fingerprint density at radius 2 is 1.10 bits per heavy atom. The van der Waals surface area contributed by atoms with Crippen LogP contribution in [0.1, 0.15) is 64.2 Å². The van der Waals surface area contributed by atoms with Gasteiger partial charge in [0.15, 0.2) is 11.6 Å². The van der Waals surface area contributed by atoms with E-state index in [-0.39, 0.29) is 34.1 Å². The van der Waals surface area contributed by atoms with Crippen molar-refractivity contribution in [3.05, 3.63) is 75.4 Å². The van der Waals surface area contributed by atoms with Gasteiger partial charge in [0.1, 0.15) is 32.7 Å². The number of pyridine rings is 2. The monoisotopic (exact) mass is 922 g/mol. The van der Waals surface area contributed by atoms with Crippen LogP contribution in [-0.2, 0) is 0 Å². The summed E-state index contributed by atoms with van der Waals surface area (Å²) in [6.45, 7) is 4.18. The average molecular weight is 924 g/mol. The van der Waals surface area contributed by atoms with Crippen LogP contribution in [0.3, 0.4) is 0 Å². The van der Waals surface area contributed by atoms with E-state index in [1.54, 1.807) is 36.3 Å². The quantitative estimate of drug-likeness (QED) is 0.0892. The zero-order valence-corrected chi connectivity index (χ0v) is 37.8. The van der Waals surface area contributed by atoms with Crippen LogP contribution in [0.4, 0.5) is 29.1 Å². The standard InChI is InChI=1S/C21H26ClN7S.C12H20N2.C9H7Cl2N5S/c22-16-14(4-8-26-18(16)24)30-20-19(25)28-15(11-27-20)29-9-6-21(7-10-29)5-3-13(17(21)23)12-1-2-12;13-11-10(9-1-2-9)3-4-12(11)5-7-14-8-6-12;10-5-3-15-9(8(13)16-5)17-4-1-2-14-7(12)6(4)11/h3-4,8,11-12,17H,1-2,5-7,9-10,23H2,(H2,24,26)(H2,25,28);3,9,11,14H,1-2,4-8,13H2;1-3H,(H2,12,14)(H2,13,16)/t17-;11-;/m11./s1. The Kier molecular flexibility index (Phi) is 13.4. The molecule has 10 rings (SSSR count). The zero-order chi connectivity index (χ0) is 42.9. The number of nitrogens with two attached hydrogens (primary N) is 6. The van der Waals surface area contributed by atoms with Gasteiger partial charge >= 0.3 is 0 Å². The molecule has 0 amide bonds. The number of hydrogen-bond donors (Lipinski definition) is 7. The van der Waals surface area contributed by atoms with Crippen LogP contribution in [0.5, 0.6) is 0 Å². The summed E-state index contributed by atoms with van der Waals surface area (Å²) in [5.74, 6) is 3.63. The predicted octanol–water partition coefficient (Wildman–Crippen LogP) is 7.41. The second-order valence-electron chi connectivity index (χ2n) is 16.8. The minimum absolute atomic E-state index is 0.222. The highest BCUT2D eigenvalue weighted by Gasteiger charge is 2.48. The Balaban J connectivity index is 0.000000139. The molecule has 0 radical (unpaired) electrons. The lowest BCUT2D eigenvalue weighted by molar-refractivity contribution is 0.189. The first-order valence-corrected chi connectivity index (χ1v) is 23.6. The maximum atomic E-state index is 6.69. The number of nitrogen functional groups attached to an aromatic ring is 4. The lowest BCUT2D eigenvalue weighted by Gasteiger charge is -2.43. The maximum Gasteiger partial charge on any atom is 0.158 e. The zero-order valence-electron chi connectivity index (χ0n) is 33.9. The number of hydrogen-bond acceptors (Lipinski definition) is 16. The van der Waals surface area contributed by atoms with Crippen molar-refractivity contribution in [1.29, 1.82) is 0 Å². The Labute approximate surface area is 380 Å². The molecule has 0 aromatic carbocycles. The first kappa shape index (κ1) is 44.0. The van der Waals surface area contributed by atoms with Gasteiger partial charge in [-0.1, -0.05) is 81.6 Å². The number of nitrogens with one attached hydrogen (secondary N) is 1. The van der Waals surface area contributed by atoms with Crippen molar-refractivity contribution >= 4 is 87.4 Å². The number of halogens is 3. The van der Waals surface area contributed by atoms with Gasteiger partial charge < -0.3 is 44.6 Å². The van der Waals surface area contributed by atoms with Gasteiger partial charge in [-0.15, -0.1) is 0 Å². The number of piperidine rings is 2. The third-order valence-electron chi connectivity index (χ3n) is 13.0. The highest BCUT2D eigenvalue weighted by Crippen LogP contribution is 2.52. The number of aromatic nitrogens is 6. The molecule has 0 bridgehead atoms. The summed E-state index contributed by atoms with van der Waals surface area (Å²) in [7, 11) is 0. The number of nitrogens with zero attached hydrogens (tertiary/aromatic N) is 7. The van der Waals surface area contributed by atoms with Gasteiger partial charge in [-0.3, -0.25) is 0 Å². The minimum atomic E-state index is 0.222. The molecule has 2 spiro atoms. The van der Waals surface area contributed by atoms with Crippen molar-refractivity contribution in [2.45, 2.75) is 96.1 Å². The minimum Gasteiger partial charge on any atom is -0.382 e. The van der Waals surface area contributed by atoms with E-state index in [0.717, 1.165) is 54.9 Å². The van der Waals surface area contributed by atoms with Gasteiger partial charge in [0.2, 0.25) is 0 Å². The summed E-state index contributed by atoms with van der Waals surface area (Å²) in [6.07, 6.45) is 23.8. The Morgan fingerprint density at radius 3 is 1.57 bits per heavy atom. The number of allylic oxidation sites excluding steroid dienone is 2. The average Bonchev–Trinajstić information content (AvgIpc) is 4.21. The van der Waals surface area contributed by atoms with E-state index in [2.05, 4.69) is 52.3 Å². The van der Waals surface area contributed by atoms with Crippen LogP contribution in [-0.4, -0.2) is 68.2 Å². The van der Waals surface area contributed by atoms with E-state index < -0.39 is 0 Å². The number of rotatable bonds is 7. The fourth-order valence-corrected chi connectivity index (χ4v) is 11.1. The largest absolute Gasteiger partial charge is 0.382 e. The molecule has 6 heterocycles. The molecule has 61 heavy (non-hydrogen) atoms. The predicted molar refractivity (Wildman–Crippen MR) is 249 cm³/mol. The second kappa shape index (κ2) is 18.6. The van der Waals surface area contributed by atoms with Crippen LogP contribution < -0.4 is 44.6 Å². The molecule has 2 saturated carbocycles. The fourth-order valence-electron chi connectivity index (χ4n) is 8.98. The summed E-state index contributed by atoms with van der Waals surface area (Å²) >= 11 is 20.5. The molecule has 14 nitrogen and oxygen atoms in total. The van der Waals surface area contributed by atoms with E-state index in [4.69, 9.17) is 69.2 Å². The molecule has 4 aromatic heterocycles. The summed E-state index contributed by atoms with van der Waals surface area (Å²) in [5.41, 5.74) is 40.2. The Morgan fingerprint density at radius 1 is 0.623 bits per heavy atom. The van der Waals surface area contributed by atoms with Gasteiger partial charge in [-0.2, -0.15) is 0 Å². The van der Waals surface area contributed by atoms with Crippen molar-refractivity contribution in [3.8, 4) is 0 Å². The third-order valence-corrected chi connectivity index (χ3v) is 16.3. The van der Waals surface area contributed by atoms with Crippen molar-refractivity contribution in [3.63, 3.8) is 0 Å². The van der Waals surface area contributed by atoms with Crippen LogP contribution in [0.15, 0.2) is 80.1 Å². The van der Waals surface area contributed by atoms with E-state index in [9.17, 15) is 0 Å². The van der Waals surface area contributed by atoms with Crippen LogP contribution in [0.25, 0.3) is 0 Å². The van der Waals surface area contributed by atoms with Crippen molar-refractivity contribution < 1.29 is 0 Å². The summed E-state index contributed by atoms with van der Waals surface area (Å²) < 4.78 is 0. The maximum absolute atomic E-state index is 6.69. The SMILES string of the molecule is N[C@@H]1C(C2CC2)=CCC12CCNCC2.Nc1nc(Cl)cnc1Sc1ccnc(N)c1Cl.Nc1nc(N2CCC3(CC=C(C4CC4)[C@H]3N)CC2)cnc1Sc1ccnc(N)c1Cl. The summed E-state index contributed by atoms with van der Waals surface area (Å²) in [4.78, 5) is 28.7. The van der Waals surface area contributed by atoms with Crippen LogP contribution >= 0.6 is 58.3 Å². The van der Waals surface area contributed by atoms with E-state index in [1.807, 2.05) is 0 Å². The normalized spacial score (nSPS) is 22.5. The molecule has 324 valence electrons. The fraction of sp³-hybridized carbons (Fsp3) is 0.476. The lowest BCUT2D eigenvalue weighted by Crippen LogP contribution is -2.48. The molecular weight excluding hydrogens is 871 g/mol. The molecule has 4 aromatic rings. The van der Waals surface area contributed by atoms with Crippen molar-refractivity contribution in [2.75, 3.05) is 54.0 Å². The van der Waals surface area contributed by atoms with Crippen molar-refractivity contribution in [2.24, 2.45) is 34.1 Å². The molecule has 0 unspecified atom stereocenters. The van der Waals surface area contributed by atoms with Gasteiger partial charge in [-0.05, 0) is 112 Å². The third kappa shape index (κ3) is 9.81. The summed E-state index contributed by atoms with van der Waals surface area (Å²) in [5, 5.41) is 5.58. The molecule has 19 heteroatoms. The topological polar surface area (TPSA) is 249 Å². The van der Waals surface area contributed by atoms with Crippen LogP contribution in [0.2, 0.25) is 15.2 Å². The van der Waals surface area contributed by atoms with Crippen molar-refractivity contribution in [1.82, 2.24) is 35.2 Å². The molecule has 2 aliphatic heterocycles. The molecule has 2 atom stereocenters. The summed E-state index contributed by atoms with van der Waals surface area (Å²) in [6, 6.07) is 4.12. The highest BCUT2D eigenvalue weighted by molar-refractivity contribution is 7.99. The number of anilines is 5. The molecule has 2 saturated heterocycles. The van der Waals surface area contributed by atoms with E-state index >= 15 is 0 Å². The molecule has 4 fully saturated rings. The van der Waals surface area contributed by atoms with Gasteiger partial charge in [-0.25, -0.2) is 29.9 Å². The lowest BCUT2D eigenvalue weighted by atomic mass is 9.72. The molecule has 4 aliphatic carbocycles. The molecule has 13 N–H and O–H groups in total. The van der Waals surface area contributed by atoms with E-state index in [1.165, 1.54) is 93.3 Å². The van der Waals surface area contributed by atoms with Crippen LogP contribution in [0, 0.1) is 22.7 Å². The Hall–Kier alpha value is -3.61. The van der Waals surface area contributed by atoms with E-state index in [0.29, 0.717) is 42.3 Å². The van der Waals surface area contributed by atoms with Gasteiger partial charge in [0, 0.05) is 47.4 Å². The molecule has 6 aliphatic rings. The smallest absolute Gasteiger partial charge is 0.158 e. The first-order valence-electron chi connectivity index (χ1n) is 20.8. The van der Waals surface area contributed by atoms with Gasteiger partial charge in [0.05, 0.1) is 22.4 Å². The highest BCUT2D eigenvalue weighted by atomic mass is 35.5. The van der Waals surface area contributed by atoms with Gasteiger partial charge in [0.25, 0.3) is 0 Å².